The smallest absolute Gasteiger partial charge is 0.262 e. The van der Waals surface area contributed by atoms with E-state index in [9.17, 15) is 4.79 Å². The van der Waals surface area contributed by atoms with E-state index in [2.05, 4.69) is 46.5 Å². The molecule has 1 amide bonds. The molecule has 1 saturated carbocycles. The Morgan fingerprint density at radius 2 is 1.82 bits per heavy atom. The summed E-state index contributed by atoms with van der Waals surface area (Å²) in [6.07, 6.45) is 6.41. The molecule has 6 heteroatoms. The highest BCUT2D eigenvalue weighted by Crippen LogP contribution is 2.51. The highest BCUT2D eigenvalue weighted by Gasteiger charge is 2.34. The number of rotatable bonds is 5. The van der Waals surface area contributed by atoms with E-state index < -0.39 is 0 Å². The molecule has 182 valence electrons. The molecule has 2 aromatic carbocycles. The van der Waals surface area contributed by atoms with Gasteiger partial charge in [-0.3, -0.25) is 9.52 Å². The second-order valence-corrected chi connectivity index (χ2v) is 10.3. The summed E-state index contributed by atoms with van der Waals surface area (Å²) in [4.78, 5) is 12.8. The third-order valence-electron chi connectivity index (χ3n) is 6.99. The van der Waals surface area contributed by atoms with Gasteiger partial charge in [-0.2, -0.15) is 0 Å². The normalized spacial score (nSPS) is 17.2. The van der Waals surface area contributed by atoms with E-state index in [4.69, 9.17) is 4.74 Å². The fourth-order valence-electron chi connectivity index (χ4n) is 5.52. The van der Waals surface area contributed by atoms with Crippen molar-refractivity contribution in [1.82, 2.24) is 13.6 Å². The van der Waals surface area contributed by atoms with Crippen LogP contribution in [0.1, 0.15) is 86.3 Å². The Morgan fingerprint density at radius 3 is 2.50 bits per heavy atom. The maximum Gasteiger partial charge on any atom is 0.262 e. The van der Waals surface area contributed by atoms with Gasteiger partial charge in [-0.05, 0) is 81.2 Å². The summed E-state index contributed by atoms with van der Waals surface area (Å²) in [5, 5.41) is 1.30. The molecule has 0 bridgehead atoms. The van der Waals surface area contributed by atoms with Gasteiger partial charge >= 0.3 is 0 Å². The van der Waals surface area contributed by atoms with Crippen molar-refractivity contribution in [3.8, 4) is 17.0 Å². The number of fused-ring (bicyclic) bond motifs is 5. The zero-order valence-corrected chi connectivity index (χ0v) is 22.1. The number of benzene rings is 2. The Morgan fingerprint density at radius 1 is 1.09 bits per heavy atom. The van der Waals surface area contributed by atoms with Crippen LogP contribution in [0.3, 0.4) is 0 Å². The topological polar surface area (TPSA) is 46.5 Å². The molecular formula is C28H37N3O2S. The van der Waals surface area contributed by atoms with Crippen molar-refractivity contribution in [2.45, 2.75) is 64.8 Å². The van der Waals surface area contributed by atoms with Crippen molar-refractivity contribution in [2.24, 2.45) is 0 Å². The van der Waals surface area contributed by atoms with Crippen molar-refractivity contribution < 1.29 is 9.53 Å². The predicted octanol–water partition coefficient (Wildman–Crippen LogP) is 7.17. The van der Waals surface area contributed by atoms with Gasteiger partial charge in [0.15, 0.2) is 0 Å². The minimum atomic E-state index is -0.0646. The fraction of sp³-hybridized carbons (Fsp3) is 0.464. The third-order valence-corrected chi connectivity index (χ3v) is 7.63. The van der Waals surface area contributed by atoms with E-state index in [1.54, 1.807) is 7.11 Å². The lowest BCUT2D eigenvalue weighted by Crippen LogP contribution is -2.20. The first-order valence-electron chi connectivity index (χ1n) is 12.5. The summed E-state index contributed by atoms with van der Waals surface area (Å²) in [5.41, 5.74) is 7.29. The molecule has 1 aliphatic heterocycles. The average molecular weight is 480 g/mol. The molecular weight excluding hydrogens is 442 g/mol. The van der Waals surface area contributed by atoms with Crippen molar-refractivity contribution in [1.29, 1.82) is 0 Å². The number of carbonyl (C=O) groups excluding carboxylic acids is 1. The van der Waals surface area contributed by atoms with Crippen LogP contribution >= 0.6 is 12.1 Å². The van der Waals surface area contributed by atoms with Crippen molar-refractivity contribution in [3.05, 3.63) is 53.1 Å². The van der Waals surface area contributed by atoms with Crippen LogP contribution in [-0.4, -0.2) is 36.0 Å². The zero-order valence-electron chi connectivity index (χ0n) is 21.3. The molecule has 2 heterocycles. The number of nitrogens with zero attached hydrogens (tertiary/aromatic N) is 2. The number of methoxy groups -OCH3 is 1. The maximum atomic E-state index is 12.8. The largest absolute Gasteiger partial charge is 0.497 e. The van der Waals surface area contributed by atoms with Gasteiger partial charge in [0.25, 0.3) is 5.91 Å². The van der Waals surface area contributed by atoms with E-state index in [0.29, 0.717) is 11.5 Å². The van der Waals surface area contributed by atoms with Crippen LogP contribution < -0.4 is 9.46 Å². The van der Waals surface area contributed by atoms with E-state index in [1.807, 2.05) is 38.3 Å². The molecule has 0 radical (unpaired) electrons. The molecule has 0 saturated heterocycles. The SMILES string of the molecule is CC.COc1ccc2c(c1)C(C)n1c-2c(C2CCCCC2)c2ccc(C(=O)NSN(C)C)cc21. The van der Waals surface area contributed by atoms with Crippen molar-refractivity contribution in [3.63, 3.8) is 0 Å². The number of hydrogen-bond donors (Lipinski definition) is 1. The molecule has 3 aromatic rings. The molecule has 1 N–H and O–H groups in total. The first-order chi connectivity index (χ1) is 16.5. The van der Waals surface area contributed by atoms with E-state index in [0.717, 1.165) is 11.3 Å². The first-order valence-corrected chi connectivity index (χ1v) is 13.3. The number of nitrogens with one attached hydrogen (secondary N) is 1. The van der Waals surface area contributed by atoms with Crippen LogP contribution in [0.4, 0.5) is 0 Å². The quantitative estimate of drug-likeness (QED) is 0.394. The van der Waals surface area contributed by atoms with Crippen LogP contribution in [0.5, 0.6) is 5.75 Å². The summed E-state index contributed by atoms with van der Waals surface area (Å²) in [6.45, 7) is 6.26. The minimum Gasteiger partial charge on any atom is -0.497 e. The average Bonchev–Trinajstić information content (AvgIpc) is 3.36. The number of ether oxygens (including phenoxy) is 1. The van der Waals surface area contributed by atoms with Crippen LogP contribution in [0.25, 0.3) is 22.2 Å². The summed E-state index contributed by atoms with van der Waals surface area (Å²) in [6, 6.07) is 12.9. The highest BCUT2D eigenvalue weighted by atomic mass is 32.2. The van der Waals surface area contributed by atoms with Gasteiger partial charge in [0, 0.05) is 28.6 Å². The van der Waals surface area contributed by atoms with Crippen LogP contribution in [-0.2, 0) is 0 Å². The van der Waals surface area contributed by atoms with Gasteiger partial charge in [-0.1, -0.05) is 39.2 Å². The number of aromatic nitrogens is 1. The Bertz CT molecular complexity index is 1180. The lowest BCUT2D eigenvalue weighted by Gasteiger charge is -2.23. The molecule has 5 rings (SSSR count). The first kappa shape index (κ1) is 24.7. The maximum absolute atomic E-state index is 12.8. The lowest BCUT2D eigenvalue weighted by molar-refractivity contribution is 0.0983. The van der Waals surface area contributed by atoms with Gasteiger partial charge in [0.05, 0.1) is 24.4 Å². The van der Waals surface area contributed by atoms with Gasteiger partial charge in [0.2, 0.25) is 0 Å². The molecule has 34 heavy (non-hydrogen) atoms. The fourth-order valence-corrected chi connectivity index (χ4v) is 5.90. The van der Waals surface area contributed by atoms with Crippen molar-refractivity contribution in [2.75, 3.05) is 21.2 Å². The molecule has 1 atom stereocenters. The second-order valence-electron chi connectivity index (χ2n) is 9.16. The van der Waals surface area contributed by atoms with Gasteiger partial charge in [0.1, 0.15) is 5.75 Å². The number of carbonyl (C=O) groups is 1. The van der Waals surface area contributed by atoms with Gasteiger partial charge in [-0.15, -0.1) is 0 Å². The molecule has 0 spiro atoms. The molecule has 1 aliphatic carbocycles. The monoisotopic (exact) mass is 479 g/mol. The molecule has 1 unspecified atom stereocenters. The van der Waals surface area contributed by atoms with E-state index in [1.165, 1.54) is 72.0 Å². The minimum absolute atomic E-state index is 0.0646. The molecule has 2 aliphatic rings. The van der Waals surface area contributed by atoms with E-state index >= 15 is 0 Å². The number of hydrogen-bond acceptors (Lipinski definition) is 4. The summed E-state index contributed by atoms with van der Waals surface area (Å²) < 4.78 is 12.8. The Kier molecular flexibility index (Phi) is 7.58. The van der Waals surface area contributed by atoms with Gasteiger partial charge < -0.3 is 9.30 Å². The number of amides is 1. The van der Waals surface area contributed by atoms with Crippen molar-refractivity contribution >= 4 is 28.9 Å². The van der Waals surface area contributed by atoms with Crippen LogP contribution in [0.2, 0.25) is 0 Å². The Labute approximate surface area is 208 Å². The van der Waals surface area contributed by atoms with E-state index in [-0.39, 0.29) is 11.9 Å². The summed E-state index contributed by atoms with van der Waals surface area (Å²) >= 11 is 1.30. The van der Waals surface area contributed by atoms with Gasteiger partial charge in [-0.25, -0.2) is 4.31 Å². The predicted molar refractivity (Wildman–Crippen MR) is 144 cm³/mol. The second kappa shape index (κ2) is 10.4. The Balaban J connectivity index is 0.00000133. The highest BCUT2D eigenvalue weighted by molar-refractivity contribution is 7.95. The van der Waals surface area contributed by atoms with Crippen LogP contribution in [0, 0.1) is 0 Å². The standard InChI is InChI=1S/C26H31N3O2S.C2H6/c1-16-22-15-19(31-4)11-13-20(22)25-24(17-8-6-5-7-9-17)21-12-10-18(14-23(21)29(16)25)26(30)27-32-28(2)3;1-2/h10-17H,5-9H2,1-4H3,(H,27,30);1-2H3. The molecule has 1 fully saturated rings. The molecule has 5 nitrogen and oxygen atoms in total. The zero-order chi connectivity index (χ0) is 24.4. The Hall–Kier alpha value is -2.44. The lowest BCUT2D eigenvalue weighted by atomic mass is 9.81. The molecule has 1 aromatic heterocycles. The summed E-state index contributed by atoms with van der Waals surface area (Å²) in [7, 11) is 5.55. The van der Waals surface area contributed by atoms with Crippen LogP contribution in [0.15, 0.2) is 36.4 Å². The third kappa shape index (κ3) is 4.34. The summed E-state index contributed by atoms with van der Waals surface area (Å²) in [5.74, 6) is 1.41.